The zero-order chi connectivity index (χ0) is 16.2. The SMILES string of the molecule is Cc1ccc(Cc2ccc(CC3CCC(C)CC3)cc2)cc1F. The highest BCUT2D eigenvalue weighted by Crippen LogP contribution is 2.30. The fourth-order valence-electron chi connectivity index (χ4n) is 3.64. The Morgan fingerprint density at radius 3 is 2.13 bits per heavy atom. The lowest BCUT2D eigenvalue weighted by atomic mass is 9.80. The van der Waals surface area contributed by atoms with Crippen LogP contribution in [0.1, 0.15) is 54.9 Å². The topological polar surface area (TPSA) is 0 Å². The third-order valence-corrected chi connectivity index (χ3v) is 5.33. The first kappa shape index (κ1) is 16.2. The number of rotatable bonds is 4. The Hall–Kier alpha value is -1.63. The van der Waals surface area contributed by atoms with Crippen LogP contribution in [0.2, 0.25) is 0 Å². The highest BCUT2D eigenvalue weighted by atomic mass is 19.1. The van der Waals surface area contributed by atoms with Gasteiger partial charge in [0.25, 0.3) is 0 Å². The van der Waals surface area contributed by atoms with E-state index in [0.717, 1.165) is 23.8 Å². The predicted octanol–water partition coefficient (Wildman–Crippen LogP) is 6.09. The van der Waals surface area contributed by atoms with Crippen LogP contribution >= 0.6 is 0 Å². The molecule has 0 bridgehead atoms. The minimum absolute atomic E-state index is 0.106. The Kier molecular flexibility index (Phi) is 5.15. The smallest absolute Gasteiger partial charge is 0.126 e. The standard InChI is InChI=1S/C22H27F/c1-16-3-6-18(7-4-16)13-19-9-11-20(12-10-19)14-21-8-5-17(2)22(23)15-21/h5,8-12,15-16,18H,3-4,6-7,13-14H2,1-2H3. The number of hydrogen-bond acceptors (Lipinski definition) is 0. The molecule has 2 aromatic carbocycles. The molecule has 0 unspecified atom stereocenters. The summed E-state index contributed by atoms with van der Waals surface area (Å²) in [7, 11) is 0. The van der Waals surface area contributed by atoms with Crippen LogP contribution < -0.4 is 0 Å². The van der Waals surface area contributed by atoms with Gasteiger partial charge in [0, 0.05) is 0 Å². The Morgan fingerprint density at radius 1 is 0.870 bits per heavy atom. The van der Waals surface area contributed by atoms with Crippen molar-refractivity contribution in [1.82, 2.24) is 0 Å². The third-order valence-electron chi connectivity index (χ3n) is 5.33. The summed E-state index contributed by atoms with van der Waals surface area (Å²) >= 11 is 0. The Bertz CT molecular complexity index is 634. The highest BCUT2D eigenvalue weighted by molar-refractivity contribution is 5.31. The lowest BCUT2D eigenvalue weighted by molar-refractivity contribution is 0.289. The zero-order valence-electron chi connectivity index (χ0n) is 14.3. The Labute approximate surface area is 139 Å². The molecule has 1 heteroatoms. The summed E-state index contributed by atoms with van der Waals surface area (Å²) in [6.45, 7) is 4.18. The maximum atomic E-state index is 13.6. The van der Waals surface area contributed by atoms with Crippen LogP contribution in [-0.2, 0) is 12.8 Å². The lowest BCUT2D eigenvalue weighted by Crippen LogP contribution is -2.14. The first-order valence-electron chi connectivity index (χ1n) is 8.93. The van der Waals surface area contributed by atoms with Crippen LogP contribution in [0.3, 0.4) is 0 Å². The van der Waals surface area contributed by atoms with Gasteiger partial charge in [-0.2, -0.15) is 0 Å². The van der Waals surface area contributed by atoms with Gasteiger partial charge in [-0.3, -0.25) is 0 Å². The van der Waals surface area contributed by atoms with Crippen LogP contribution in [0.25, 0.3) is 0 Å². The van der Waals surface area contributed by atoms with Gasteiger partial charge in [-0.15, -0.1) is 0 Å². The first-order valence-corrected chi connectivity index (χ1v) is 8.93. The van der Waals surface area contributed by atoms with Crippen molar-refractivity contribution in [3.05, 3.63) is 70.5 Å². The Balaban J connectivity index is 1.59. The van der Waals surface area contributed by atoms with Gasteiger partial charge in [0.15, 0.2) is 0 Å². The first-order chi connectivity index (χ1) is 11.1. The quantitative estimate of drug-likeness (QED) is 0.640. The predicted molar refractivity (Wildman–Crippen MR) is 95.2 cm³/mol. The van der Waals surface area contributed by atoms with E-state index in [1.54, 1.807) is 13.0 Å². The molecule has 0 atom stereocenters. The van der Waals surface area contributed by atoms with E-state index in [2.05, 4.69) is 31.2 Å². The van der Waals surface area contributed by atoms with Crippen LogP contribution in [0.5, 0.6) is 0 Å². The van der Waals surface area contributed by atoms with Crippen LogP contribution in [0, 0.1) is 24.6 Å². The van der Waals surface area contributed by atoms with Gasteiger partial charge in [-0.25, -0.2) is 4.39 Å². The zero-order valence-corrected chi connectivity index (χ0v) is 14.3. The average Bonchev–Trinajstić information content (AvgIpc) is 2.55. The van der Waals surface area contributed by atoms with Crippen LogP contribution in [0.4, 0.5) is 4.39 Å². The molecule has 3 rings (SSSR count). The maximum absolute atomic E-state index is 13.6. The molecule has 0 N–H and O–H groups in total. The van der Waals surface area contributed by atoms with Gasteiger partial charge in [-0.05, 0) is 72.8 Å². The summed E-state index contributed by atoms with van der Waals surface area (Å²) in [6.07, 6.45) is 7.56. The van der Waals surface area contributed by atoms with Crippen LogP contribution in [0.15, 0.2) is 42.5 Å². The van der Waals surface area contributed by atoms with E-state index < -0.39 is 0 Å². The molecule has 1 aliphatic rings. The summed E-state index contributed by atoms with van der Waals surface area (Å²) in [4.78, 5) is 0. The minimum Gasteiger partial charge on any atom is -0.207 e. The van der Waals surface area contributed by atoms with Crippen LogP contribution in [-0.4, -0.2) is 0 Å². The number of aryl methyl sites for hydroxylation is 1. The molecule has 0 saturated heterocycles. The van der Waals surface area contributed by atoms with Gasteiger partial charge in [-0.1, -0.05) is 56.2 Å². The molecule has 23 heavy (non-hydrogen) atoms. The fraction of sp³-hybridized carbons (Fsp3) is 0.455. The van der Waals surface area contributed by atoms with E-state index in [4.69, 9.17) is 0 Å². The second kappa shape index (κ2) is 7.29. The molecule has 0 amide bonds. The van der Waals surface area contributed by atoms with E-state index in [-0.39, 0.29) is 5.82 Å². The largest absolute Gasteiger partial charge is 0.207 e. The van der Waals surface area contributed by atoms with Crippen molar-refractivity contribution in [2.75, 3.05) is 0 Å². The average molecular weight is 310 g/mol. The minimum atomic E-state index is -0.106. The van der Waals surface area contributed by atoms with Crippen molar-refractivity contribution in [3.8, 4) is 0 Å². The number of halogens is 1. The molecule has 122 valence electrons. The summed E-state index contributed by atoms with van der Waals surface area (Å²) in [6, 6.07) is 14.5. The molecule has 0 aromatic heterocycles. The molecule has 2 aromatic rings. The highest BCUT2D eigenvalue weighted by Gasteiger charge is 2.18. The van der Waals surface area contributed by atoms with Crippen molar-refractivity contribution >= 4 is 0 Å². The summed E-state index contributed by atoms with van der Waals surface area (Å²) < 4.78 is 13.6. The summed E-state index contributed by atoms with van der Waals surface area (Å²) in [5.41, 5.74) is 4.46. The second-order valence-corrected chi connectivity index (χ2v) is 7.41. The van der Waals surface area contributed by atoms with Crippen molar-refractivity contribution < 1.29 is 4.39 Å². The monoisotopic (exact) mass is 310 g/mol. The molecular formula is C22H27F. The van der Waals surface area contributed by atoms with Gasteiger partial charge in [0.05, 0.1) is 0 Å². The number of benzene rings is 2. The fourth-order valence-corrected chi connectivity index (χ4v) is 3.64. The van der Waals surface area contributed by atoms with Crippen molar-refractivity contribution in [2.24, 2.45) is 11.8 Å². The Morgan fingerprint density at radius 2 is 1.48 bits per heavy atom. The molecule has 1 saturated carbocycles. The van der Waals surface area contributed by atoms with E-state index in [1.807, 2.05) is 12.1 Å². The molecule has 0 spiro atoms. The van der Waals surface area contributed by atoms with Gasteiger partial charge >= 0.3 is 0 Å². The summed E-state index contributed by atoms with van der Waals surface area (Å²) in [5.74, 6) is 1.68. The molecule has 0 aliphatic heterocycles. The number of hydrogen-bond donors (Lipinski definition) is 0. The molecule has 0 heterocycles. The van der Waals surface area contributed by atoms with Gasteiger partial charge in [0.2, 0.25) is 0 Å². The summed E-state index contributed by atoms with van der Waals surface area (Å²) in [5, 5.41) is 0. The maximum Gasteiger partial charge on any atom is 0.126 e. The van der Waals surface area contributed by atoms with E-state index in [0.29, 0.717) is 5.56 Å². The lowest BCUT2D eigenvalue weighted by Gasteiger charge is -2.26. The normalized spacial score (nSPS) is 21.3. The second-order valence-electron chi connectivity index (χ2n) is 7.41. The third kappa shape index (κ3) is 4.43. The molecule has 0 radical (unpaired) electrons. The van der Waals surface area contributed by atoms with Crippen molar-refractivity contribution in [3.63, 3.8) is 0 Å². The van der Waals surface area contributed by atoms with Gasteiger partial charge < -0.3 is 0 Å². The molecule has 1 fully saturated rings. The molecule has 1 aliphatic carbocycles. The van der Waals surface area contributed by atoms with E-state index in [1.165, 1.54) is 43.2 Å². The van der Waals surface area contributed by atoms with Crippen molar-refractivity contribution in [2.45, 2.75) is 52.4 Å². The van der Waals surface area contributed by atoms with Crippen molar-refractivity contribution in [1.29, 1.82) is 0 Å². The van der Waals surface area contributed by atoms with E-state index in [9.17, 15) is 4.39 Å². The molecule has 0 nitrogen and oxygen atoms in total. The molecular weight excluding hydrogens is 283 g/mol. The van der Waals surface area contributed by atoms with E-state index >= 15 is 0 Å². The van der Waals surface area contributed by atoms with Gasteiger partial charge in [0.1, 0.15) is 5.82 Å².